The van der Waals surface area contributed by atoms with Crippen LogP contribution in [0.5, 0.6) is 0 Å². The number of nitriles is 1. The lowest BCUT2D eigenvalue weighted by atomic mass is 10.2. The second-order valence-electron chi connectivity index (χ2n) is 6.45. The number of rotatable bonds is 5. The van der Waals surface area contributed by atoms with Crippen LogP contribution in [-0.2, 0) is 11.8 Å². The van der Waals surface area contributed by atoms with E-state index in [1.165, 1.54) is 0 Å². The van der Waals surface area contributed by atoms with Crippen molar-refractivity contribution in [2.75, 3.05) is 10.6 Å². The second-order valence-corrected chi connectivity index (χ2v) is 6.45. The molecule has 1 amide bonds. The minimum atomic E-state index is -0.676. The minimum Gasteiger partial charge on any atom is -0.368 e. The Morgan fingerprint density at radius 2 is 1.75 bits per heavy atom. The summed E-state index contributed by atoms with van der Waals surface area (Å²) < 4.78 is 3.29. The predicted octanol–water partition coefficient (Wildman–Crippen LogP) is 2.80. The molecule has 0 aliphatic rings. The summed E-state index contributed by atoms with van der Waals surface area (Å²) in [5.41, 5.74) is 2.41. The van der Waals surface area contributed by atoms with Gasteiger partial charge in [0.15, 0.2) is 0 Å². The van der Waals surface area contributed by atoms with Crippen LogP contribution in [0, 0.1) is 18.3 Å². The lowest BCUT2D eigenvalue weighted by molar-refractivity contribution is -0.116. The van der Waals surface area contributed by atoms with Crippen molar-refractivity contribution in [2.45, 2.75) is 19.9 Å². The number of anilines is 2. The highest BCUT2D eigenvalue weighted by Crippen LogP contribution is 2.17. The zero-order valence-electron chi connectivity index (χ0n) is 15.9. The third-order valence-corrected chi connectivity index (χ3v) is 4.61. The first-order valence-electron chi connectivity index (χ1n) is 8.84. The molecule has 0 radical (unpaired) electrons. The second kappa shape index (κ2) is 7.84. The van der Waals surface area contributed by atoms with Crippen LogP contribution >= 0.6 is 0 Å². The summed E-state index contributed by atoms with van der Waals surface area (Å²) in [6.07, 6.45) is 0. The molecule has 0 aliphatic heterocycles. The molecule has 1 aromatic heterocycles. The standard InChI is InChI=1S/C21H21N5O2/c1-14(20(27)24-18-12-8-7-9-16(18)13-22)23-19-15(2)25(3)26(21(19)28)17-10-5-4-6-11-17/h4-12,14,23H,1-3H3,(H,24,27). The molecule has 7 heteroatoms. The topological polar surface area (TPSA) is 91.9 Å². The van der Waals surface area contributed by atoms with Gasteiger partial charge in [0, 0.05) is 7.05 Å². The van der Waals surface area contributed by atoms with E-state index in [0.717, 1.165) is 5.69 Å². The monoisotopic (exact) mass is 375 g/mol. The largest absolute Gasteiger partial charge is 0.368 e. The minimum absolute atomic E-state index is 0.233. The molecule has 0 spiro atoms. The van der Waals surface area contributed by atoms with Gasteiger partial charge in [0.2, 0.25) is 5.91 Å². The molecule has 28 heavy (non-hydrogen) atoms. The van der Waals surface area contributed by atoms with E-state index in [0.29, 0.717) is 22.6 Å². The lowest BCUT2D eigenvalue weighted by Crippen LogP contribution is -2.34. The van der Waals surface area contributed by atoms with Crippen LogP contribution in [-0.4, -0.2) is 21.3 Å². The van der Waals surface area contributed by atoms with Gasteiger partial charge < -0.3 is 10.6 Å². The molecule has 1 atom stereocenters. The molecule has 2 aromatic carbocycles. The molecule has 2 N–H and O–H groups in total. The number of benzene rings is 2. The number of amides is 1. The molecule has 0 aliphatic carbocycles. The first-order valence-corrected chi connectivity index (χ1v) is 8.84. The Balaban J connectivity index is 1.85. The average molecular weight is 375 g/mol. The Morgan fingerprint density at radius 3 is 2.43 bits per heavy atom. The molecule has 0 saturated heterocycles. The van der Waals surface area contributed by atoms with E-state index in [1.807, 2.05) is 43.3 Å². The maximum atomic E-state index is 12.9. The molecule has 7 nitrogen and oxygen atoms in total. The zero-order valence-corrected chi connectivity index (χ0v) is 15.9. The fourth-order valence-corrected chi connectivity index (χ4v) is 2.95. The fourth-order valence-electron chi connectivity index (χ4n) is 2.95. The van der Waals surface area contributed by atoms with Crippen molar-refractivity contribution in [3.05, 3.63) is 76.2 Å². The Labute approximate surface area is 162 Å². The zero-order chi connectivity index (χ0) is 20.3. The van der Waals surface area contributed by atoms with Gasteiger partial charge in [0.05, 0.1) is 22.6 Å². The average Bonchev–Trinajstić information content (AvgIpc) is 2.92. The number of hydrogen-bond acceptors (Lipinski definition) is 4. The van der Waals surface area contributed by atoms with Gasteiger partial charge >= 0.3 is 0 Å². The summed E-state index contributed by atoms with van der Waals surface area (Å²) in [6.45, 7) is 3.49. The molecule has 1 unspecified atom stereocenters. The normalized spacial score (nSPS) is 11.5. The summed E-state index contributed by atoms with van der Waals surface area (Å²) in [6, 6.07) is 17.4. The number of carbonyl (C=O) groups excluding carboxylic acids is 1. The van der Waals surface area contributed by atoms with Crippen LogP contribution in [0.1, 0.15) is 18.2 Å². The fraction of sp³-hybridized carbons (Fsp3) is 0.190. The molecule has 1 heterocycles. The van der Waals surface area contributed by atoms with E-state index in [9.17, 15) is 9.59 Å². The Morgan fingerprint density at radius 1 is 1.11 bits per heavy atom. The van der Waals surface area contributed by atoms with Gasteiger partial charge in [0.1, 0.15) is 17.8 Å². The van der Waals surface area contributed by atoms with Crippen molar-refractivity contribution in [2.24, 2.45) is 7.05 Å². The maximum Gasteiger partial charge on any atom is 0.295 e. The quantitative estimate of drug-likeness (QED) is 0.717. The smallest absolute Gasteiger partial charge is 0.295 e. The summed E-state index contributed by atoms with van der Waals surface area (Å²) in [4.78, 5) is 25.5. The molecule has 0 bridgehead atoms. The number of nitrogens with zero attached hydrogens (tertiary/aromatic N) is 3. The van der Waals surface area contributed by atoms with Crippen molar-refractivity contribution in [1.29, 1.82) is 5.26 Å². The van der Waals surface area contributed by atoms with E-state index in [2.05, 4.69) is 10.6 Å². The lowest BCUT2D eigenvalue weighted by Gasteiger charge is -2.15. The van der Waals surface area contributed by atoms with E-state index in [4.69, 9.17) is 5.26 Å². The van der Waals surface area contributed by atoms with Crippen LogP contribution in [0.15, 0.2) is 59.4 Å². The summed E-state index contributed by atoms with van der Waals surface area (Å²) in [5, 5.41) is 14.9. The highest BCUT2D eigenvalue weighted by Gasteiger charge is 2.21. The third-order valence-electron chi connectivity index (χ3n) is 4.61. The molecule has 142 valence electrons. The van der Waals surface area contributed by atoms with E-state index in [1.54, 1.807) is 47.6 Å². The van der Waals surface area contributed by atoms with E-state index >= 15 is 0 Å². The molecule has 3 rings (SSSR count). The first kappa shape index (κ1) is 19.0. The third kappa shape index (κ3) is 3.53. The SMILES string of the molecule is Cc1c(NC(C)C(=O)Nc2ccccc2C#N)c(=O)n(-c2ccccc2)n1C. The van der Waals surface area contributed by atoms with Gasteiger partial charge in [-0.25, -0.2) is 4.68 Å². The Hall–Kier alpha value is -3.79. The Bertz CT molecular complexity index is 1110. The van der Waals surface area contributed by atoms with Crippen LogP contribution in [0.4, 0.5) is 11.4 Å². The van der Waals surface area contributed by atoms with Crippen LogP contribution in [0.25, 0.3) is 5.69 Å². The van der Waals surface area contributed by atoms with Gasteiger partial charge in [0.25, 0.3) is 5.56 Å². The van der Waals surface area contributed by atoms with Crippen molar-refractivity contribution < 1.29 is 4.79 Å². The molecule has 0 saturated carbocycles. The number of aromatic nitrogens is 2. The summed E-state index contributed by atoms with van der Waals surface area (Å²) in [5.74, 6) is -0.336. The molecular formula is C21H21N5O2. The predicted molar refractivity (Wildman–Crippen MR) is 109 cm³/mol. The van der Waals surface area contributed by atoms with Crippen LogP contribution in [0.3, 0.4) is 0 Å². The van der Waals surface area contributed by atoms with Gasteiger partial charge in [-0.1, -0.05) is 30.3 Å². The van der Waals surface area contributed by atoms with Crippen LogP contribution < -0.4 is 16.2 Å². The van der Waals surface area contributed by atoms with E-state index < -0.39 is 6.04 Å². The first-order chi connectivity index (χ1) is 13.4. The van der Waals surface area contributed by atoms with Crippen molar-refractivity contribution in [3.63, 3.8) is 0 Å². The molecular weight excluding hydrogens is 354 g/mol. The van der Waals surface area contributed by atoms with E-state index in [-0.39, 0.29) is 11.5 Å². The number of para-hydroxylation sites is 2. The summed E-state index contributed by atoms with van der Waals surface area (Å²) in [7, 11) is 1.79. The van der Waals surface area contributed by atoms with Crippen molar-refractivity contribution in [3.8, 4) is 11.8 Å². The maximum absolute atomic E-state index is 12.9. The van der Waals surface area contributed by atoms with Gasteiger partial charge in [-0.05, 0) is 38.1 Å². The Kier molecular flexibility index (Phi) is 5.32. The number of hydrogen-bond donors (Lipinski definition) is 2. The molecule has 3 aromatic rings. The van der Waals surface area contributed by atoms with Gasteiger partial charge in [-0.2, -0.15) is 5.26 Å². The number of carbonyl (C=O) groups is 1. The van der Waals surface area contributed by atoms with Crippen LogP contribution in [0.2, 0.25) is 0 Å². The highest BCUT2D eigenvalue weighted by molar-refractivity contribution is 5.97. The van der Waals surface area contributed by atoms with Crippen molar-refractivity contribution >= 4 is 17.3 Å². The van der Waals surface area contributed by atoms with Gasteiger partial charge in [-0.3, -0.25) is 14.3 Å². The highest BCUT2D eigenvalue weighted by atomic mass is 16.2. The summed E-state index contributed by atoms with van der Waals surface area (Å²) >= 11 is 0. The number of nitrogens with one attached hydrogen (secondary N) is 2. The van der Waals surface area contributed by atoms with Gasteiger partial charge in [-0.15, -0.1) is 0 Å². The molecule has 0 fully saturated rings. The van der Waals surface area contributed by atoms with Crippen molar-refractivity contribution in [1.82, 2.24) is 9.36 Å².